The van der Waals surface area contributed by atoms with Crippen LogP contribution in [0.1, 0.15) is 20.3 Å². The van der Waals surface area contributed by atoms with Gasteiger partial charge in [-0.15, -0.1) is 0 Å². The first-order chi connectivity index (χ1) is 16.1. The van der Waals surface area contributed by atoms with Crippen LogP contribution in [-0.2, 0) is 9.53 Å². The zero-order valence-electron chi connectivity index (χ0n) is 19.4. The lowest BCUT2D eigenvalue weighted by molar-refractivity contribution is -0.141. The Labute approximate surface area is 199 Å². The molecule has 4 unspecified atom stereocenters. The van der Waals surface area contributed by atoms with Crippen LogP contribution in [0.5, 0.6) is 0 Å². The number of allylic oxidation sites excluding steroid dienone is 2. The van der Waals surface area contributed by atoms with Gasteiger partial charge in [-0.3, -0.25) is 4.79 Å². The number of ether oxygens (including phenoxy) is 1. The van der Waals surface area contributed by atoms with Crippen molar-refractivity contribution >= 4 is 37.7 Å². The normalized spacial score (nSPS) is 26.1. The molecule has 0 amide bonds. The minimum absolute atomic E-state index is 0.0814. The van der Waals surface area contributed by atoms with Crippen LogP contribution in [0, 0.1) is 5.92 Å². The summed E-state index contributed by atoms with van der Waals surface area (Å²) in [5.74, 6) is 0.214. The fourth-order valence-corrected chi connectivity index (χ4v) is 14.0. The summed E-state index contributed by atoms with van der Waals surface area (Å²) in [5.41, 5.74) is 4.42. The Balaban J connectivity index is 1.69. The van der Waals surface area contributed by atoms with Crippen molar-refractivity contribution in [1.82, 2.24) is 0 Å². The Morgan fingerprint density at radius 1 is 0.788 bits per heavy atom. The zero-order valence-corrected chi connectivity index (χ0v) is 21.2. The summed E-state index contributed by atoms with van der Waals surface area (Å²) < 4.78 is 5.22. The van der Waals surface area contributed by atoms with Crippen LogP contribution in [0.4, 0.5) is 0 Å². The summed E-state index contributed by atoms with van der Waals surface area (Å²) in [6.07, 6.45) is 0.497. The molecule has 2 aliphatic heterocycles. The third-order valence-electron chi connectivity index (χ3n) is 7.33. The molecular formula is C29H30O2P2. The number of hydrogen-bond acceptors (Lipinski definition) is 2. The summed E-state index contributed by atoms with van der Waals surface area (Å²) in [4.78, 5) is 12.7. The third-order valence-corrected chi connectivity index (χ3v) is 14.1. The first-order valence-electron chi connectivity index (χ1n) is 11.6. The van der Waals surface area contributed by atoms with Crippen molar-refractivity contribution in [2.24, 2.45) is 5.92 Å². The summed E-state index contributed by atoms with van der Waals surface area (Å²) in [6, 6.07) is 33.0. The second kappa shape index (κ2) is 9.54. The number of rotatable bonds is 6. The summed E-state index contributed by atoms with van der Waals surface area (Å²) in [7, 11) is 0.470. The van der Waals surface area contributed by atoms with Crippen molar-refractivity contribution < 1.29 is 9.53 Å². The number of benzene rings is 3. The van der Waals surface area contributed by atoms with Gasteiger partial charge < -0.3 is 4.74 Å². The van der Waals surface area contributed by atoms with Crippen molar-refractivity contribution in [2.75, 3.05) is 7.11 Å². The van der Waals surface area contributed by atoms with Gasteiger partial charge in [-0.05, 0) is 43.6 Å². The van der Waals surface area contributed by atoms with E-state index in [1.807, 2.05) is 0 Å². The highest BCUT2D eigenvalue weighted by molar-refractivity contribution is 7.76. The van der Waals surface area contributed by atoms with Crippen LogP contribution in [0.3, 0.4) is 0 Å². The Morgan fingerprint density at radius 3 is 1.79 bits per heavy atom. The maximum Gasteiger partial charge on any atom is 0.305 e. The highest BCUT2D eigenvalue weighted by Crippen LogP contribution is 2.73. The van der Waals surface area contributed by atoms with Crippen molar-refractivity contribution in [3.05, 3.63) is 102 Å². The first-order valence-corrected chi connectivity index (χ1v) is 14.5. The van der Waals surface area contributed by atoms with E-state index >= 15 is 0 Å². The summed E-state index contributed by atoms with van der Waals surface area (Å²) in [6.45, 7) is 4.66. The molecule has 5 rings (SSSR count). The fourth-order valence-electron chi connectivity index (χ4n) is 5.86. The van der Waals surface area contributed by atoms with E-state index in [-0.39, 0.29) is 5.97 Å². The molecule has 168 valence electrons. The predicted molar refractivity (Wildman–Crippen MR) is 142 cm³/mol. The van der Waals surface area contributed by atoms with Gasteiger partial charge in [0.25, 0.3) is 0 Å². The van der Waals surface area contributed by atoms with Crippen LogP contribution in [0.25, 0.3) is 0 Å². The lowest BCUT2D eigenvalue weighted by Crippen LogP contribution is -2.38. The number of carbonyl (C=O) groups excluding carboxylic acids is 1. The van der Waals surface area contributed by atoms with Gasteiger partial charge in [-0.25, -0.2) is 0 Å². The third kappa shape index (κ3) is 3.99. The minimum atomic E-state index is -0.630. The molecule has 2 heterocycles. The van der Waals surface area contributed by atoms with Crippen LogP contribution >= 0.6 is 15.8 Å². The van der Waals surface area contributed by atoms with Gasteiger partial charge in [0, 0.05) is 23.4 Å². The lowest BCUT2D eigenvalue weighted by atomic mass is 9.83. The topological polar surface area (TPSA) is 26.3 Å². The quantitative estimate of drug-likeness (QED) is 0.266. The van der Waals surface area contributed by atoms with Gasteiger partial charge in [0.1, 0.15) is 0 Å². The molecule has 3 aromatic rings. The van der Waals surface area contributed by atoms with Crippen LogP contribution < -0.4 is 15.9 Å². The molecule has 2 aliphatic rings. The van der Waals surface area contributed by atoms with E-state index in [4.69, 9.17) is 4.74 Å². The van der Waals surface area contributed by atoms with E-state index in [0.29, 0.717) is 29.3 Å². The molecule has 1 saturated heterocycles. The van der Waals surface area contributed by atoms with E-state index in [9.17, 15) is 4.79 Å². The van der Waals surface area contributed by atoms with Gasteiger partial charge in [-0.2, -0.15) is 0 Å². The largest absolute Gasteiger partial charge is 0.469 e. The Hall–Kier alpha value is -2.27. The molecule has 5 atom stereocenters. The number of methoxy groups -OCH3 is 1. The van der Waals surface area contributed by atoms with Gasteiger partial charge in [0.15, 0.2) is 0 Å². The van der Waals surface area contributed by atoms with Crippen LogP contribution in [0.15, 0.2) is 102 Å². The standard InChI is InChI=1S/C29H30O2P2/c1-20-21(2)28-29(32(22-13-7-4-8-14-22)23-15-9-5-10-16-23)25(19-26(30)31-3)27(20)33(28)24-17-11-6-12-18-24/h4-18,25,27-29H,19H2,1-3H3/t25?,27?,28?,29-,33?/m1/s1. The molecule has 4 heteroatoms. The molecule has 0 N–H and O–H groups in total. The SMILES string of the molecule is COC(=O)CC1C2C(C)=C(C)C([C@@H]1P(c1ccccc1)c1ccccc1)P2c1ccccc1. The lowest BCUT2D eigenvalue weighted by Gasteiger charge is -2.38. The average molecular weight is 473 g/mol. The van der Waals surface area contributed by atoms with Gasteiger partial charge in [-0.1, -0.05) is 110 Å². The van der Waals surface area contributed by atoms with E-state index in [1.165, 1.54) is 28.6 Å². The average Bonchev–Trinajstić information content (AvgIpc) is 3.31. The van der Waals surface area contributed by atoms with Crippen molar-refractivity contribution in [3.8, 4) is 0 Å². The van der Waals surface area contributed by atoms with Gasteiger partial charge >= 0.3 is 5.97 Å². The number of carbonyl (C=O) groups is 1. The maximum absolute atomic E-state index is 12.7. The molecule has 0 radical (unpaired) electrons. The molecular weight excluding hydrogens is 442 g/mol. The second-order valence-corrected chi connectivity index (χ2v) is 13.8. The van der Waals surface area contributed by atoms with Crippen molar-refractivity contribution in [1.29, 1.82) is 0 Å². The van der Waals surface area contributed by atoms with Gasteiger partial charge in [0.05, 0.1) is 7.11 Å². The van der Waals surface area contributed by atoms with Crippen molar-refractivity contribution in [2.45, 2.75) is 37.2 Å². The summed E-state index contributed by atoms with van der Waals surface area (Å²) >= 11 is 0. The van der Waals surface area contributed by atoms with Crippen LogP contribution in [0.2, 0.25) is 0 Å². The Bertz CT molecular complexity index is 1100. The Morgan fingerprint density at radius 2 is 1.27 bits per heavy atom. The highest BCUT2D eigenvalue weighted by Gasteiger charge is 2.59. The fraction of sp³-hybridized carbons (Fsp3) is 0.276. The van der Waals surface area contributed by atoms with E-state index in [2.05, 4.69) is 105 Å². The molecule has 0 spiro atoms. The van der Waals surface area contributed by atoms with Gasteiger partial charge in [0.2, 0.25) is 0 Å². The number of hydrogen-bond donors (Lipinski definition) is 0. The molecule has 2 nitrogen and oxygen atoms in total. The zero-order chi connectivity index (χ0) is 22.9. The number of esters is 1. The Kier molecular flexibility index (Phi) is 6.51. The van der Waals surface area contributed by atoms with E-state index in [0.717, 1.165) is 0 Å². The molecule has 0 aliphatic carbocycles. The van der Waals surface area contributed by atoms with Crippen LogP contribution in [-0.4, -0.2) is 30.1 Å². The first kappa shape index (κ1) is 22.5. The smallest absolute Gasteiger partial charge is 0.305 e. The molecule has 1 fully saturated rings. The molecule has 2 bridgehead atoms. The van der Waals surface area contributed by atoms with E-state index in [1.54, 1.807) is 5.57 Å². The second-order valence-electron chi connectivity index (χ2n) is 8.97. The monoisotopic (exact) mass is 472 g/mol. The minimum Gasteiger partial charge on any atom is -0.469 e. The number of fused-ring (bicyclic) bond motifs is 2. The van der Waals surface area contributed by atoms with E-state index < -0.39 is 15.8 Å². The molecule has 0 saturated carbocycles. The molecule has 0 aromatic heterocycles. The maximum atomic E-state index is 12.7. The molecule has 33 heavy (non-hydrogen) atoms. The highest BCUT2D eigenvalue weighted by atomic mass is 31.1. The summed E-state index contributed by atoms with van der Waals surface area (Å²) in [5, 5.41) is 4.27. The predicted octanol–water partition coefficient (Wildman–Crippen LogP) is 5.58. The molecule has 3 aromatic carbocycles. The van der Waals surface area contributed by atoms with Crippen molar-refractivity contribution in [3.63, 3.8) is 0 Å².